The van der Waals surface area contributed by atoms with Crippen LogP contribution in [0.15, 0.2) is 42.5 Å². The van der Waals surface area contributed by atoms with Gasteiger partial charge in [0.2, 0.25) is 0 Å². The summed E-state index contributed by atoms with van der Waals surface area (Å²) in [6.45, 7) is 0.120. The fourth-order valence-corrected chi connectivity index (χ4v) is 1.77. The van der Waals surface area contributed by atoms with Crippen LogP contribution in [0.4, 0.5) is 23.2 Å². The summed E-state index contributed by atoms with van der Waals surface area (Å²) < 4.78 is 50.9. The predicted molar refractivity (Wildman–Crippen MR) is 69.9 cm³/mol. The standard InChI is InChI=1S/C15H10F4N2/c16-14-6-3-11(7-13(14)15(17,18)19)9-21-12-4-1-10(8-20)2-5-12/h1-7,21H,9H2. The lowest BCUT2D eigenvalue weighted by Crippen LogP contribution is -2.10. The van der Waals surface area contributed by atoms with Crippen LogP contribution in [0.1, 0.15) is 16.7 Å². The zero-order chi connectivity index (χ0) is 15.5. The van der Waals surface area contributed by atoms with E-state index in [-0.39, 0.29) is 6.54 Å². The lowest BCUT2D eigenvalue weighted by atomic mass is 10.1. The first kappa shape index (κ1) is 14.9. The third-order valence-corrected chi connectivity index (χ3v) is 2.85. The topological polar surface area (TPSA) is 35.8 Å². The molecule has 0 amide bonds. The lowest BCUT2D eigenvalue weighted by molar-refractivity contribution is -0.140. The normalized spacial score (nSPS) is 11.0. The molecule has 1 N–H and O–H groups in total. The molecule has 0 unspecified atom stereocenters. The number of nitrogens with zero attached hydrogens (tertiary/aromatic N) is 1. The molecule has 0 radical (unpaired) electrons. The number of halogens is 4. The SMILES string of the molecule is N#Cc1ccc(NCc2ccc(F)c(C(F)(F)F)c2)cc1. The number of hydrogen-bond donors (Lipinski definition) is 1. The van der Waals surface area contributed by atoms with E-state index in [1.54, 1.807) is 24.3 Å². The van der Waals surface area contributed by atoms with Gasteiger partial charge in [0, 0.05) is 12.2 Å². The Morgan fingerprint density at radius 1 is 1.05 bits per heavy atom. The average Bonchev–Trinajstić information content (AvgIpc) is 2.45. The minimum atomic E-state index is -4.71. The van der Waals surface area contributed by atoms with Gasteiger partial charge in [0.1, 0.15) is 5.82 Å². The molecule has 6 heteroatoms. The van der Waals surface area contributed by atoms with E-state index < -0.39 is 17.6 Å². The van der Waals surface area contributed by atoms with Crippen LogP contribution in [0.3, 0.4) is 0 Å². The summed E-state index contributed by atoms with van der Waals surface area (Å²) in [4.78, 5) is 0. The van der Waals surface area contributed by atoms with Gasteiger partial charge in [0.15, 0.2) is 0 Å². The van der Waals surface area contributed by atoms with Crippen molar-refractivity contribution >= 4 is 5.69 Å². The number of nitriles is 1. The molecule has 2 aromatic carbocycles. The molecular weight excluding hydrogens is 284 g/mol. The van der Waals surface area contributed by atoms with E-state index in [9.17, 15) is 17.6 Å². The smallest absolute Gasteiger partial charge is 0.381 e. The molecule has 0 aliphatic heterocycles. The van der Waals surface area contributed by atoms with Crippen molar-refractivity contribution < 1.29 is 17.6 Å². The molecule has 0 aliphatic rings. The van der Waals surface area contributed by atoms with Crippen molar-refractivity contribution in [1.82, 2.24) is 0 Å². The van der Waals surface area contributed by atoms with Gasteiger partial charge in [-0.05, 0) is 42.0 Å². The Hall–Kier alpha value is -2.55. The zero-order valence-corrected chi connectivity index (χ0v) is 10.7. The second-order valence-electron chi connectivity index (χ2n) is 4.35. The van der Waals surface area contributed by atoms with Crippen molar-refractivity contribution in [2.45, 2.75) is 12.7 Å². The van der Waals surface area contributed by atoms with Crippen LogP contribution >= 0.6 is 0 Å². The van der Waals surface area contributed by atoms with Crippen molar-refractivity contribution in [3.8, 4) is 6.07 Å². The minimum absolute atomic E-state index is 0.120. The largest absolute Gasteiger partial charge is 0.419 e. The van der Waals surface area contributed by atoms with Gasteiger partial charge in [-0.15, -0.1) is 0 Å². The first-order valence-corrected chi connectivity index (χ1v) is 6.00. The second kappa shape index (κ2) is 5.83. The van der Waals surface area contributed by atoms with Crippen LogP contribution < -0.4 is 5.32 Å². The summed E-state index contributed by atoms with van der Waals surface area (Å²) in [7, 11) is 0. The van der Waals surface area contributed by atoms with Gasteiger partial charge in [-0.2, -0.15) is 18.4 Å². The van der Waals surface area contributed by atoms with Gasteiger partial charge in [-0.3, -0.25) is 0 Å². The Bertz CT molecular complexity index is 670. The van der Waals surface area contributed by atoms with E-state index >= 15 is 0 Å². The summed E-state index contributed by atoms with van der Waals surface area (Å²) in [6.07, 6.45) is -4.71. The highest BCUT2D eigenvalue weighted by atomic mass is 19.4. The summed E-state index contributed by atoms with van der Waals surface area (Å²) in [5.41, 5.74) is 0.184. The summed E-state index contributed by atoms with van der Waals surface area (Å²) >= 11 is 0. The molecule has 0 saturated carbocycles. The predicted octanol–water partition coefficient (Wildman–Crippen LogP) is 4.33. The molecule has 0 fully saturated rings. The molecule has 0 spiro atoms. The van der Waals surface area contributed by atoms with Crippen LogP contribution in [0.5, 0.6) is 0 Å². The number of rotatable bonds is 3. The van der Waals surface area contributed by atoms with E-state index in [0.29, 0.717) is 16.8 Å². The van der Waals surface area contributed by atoms with Gasteiger partial charge < -0.3 is 5.32 Å². The maximum Gasteiger partial charge on any atom is 0.419 e. The van der Waals surface area contributed by atoms with Gasteiger partial charge >= 0.3 is 6.18 Å². The molecule has 0 aliphatic carbocycles. The second-order valence-corrected chi connectivity index (χ2v) is 4.35. The van der Waals surface area contributed by atoms with Crippen molar-refractivity contribution in [2.75, 3.05) is 5.32 Å². The molecule has 0 saturated heterocycles. The maximum absolute atomic E-state index is 13.1. The van der Waals surface area contributed by atoms with Gasteiger partial charge in [0.05, 0.1) is 17.2 Å². The van der Waals surface area contributed by atoms with Crippen molar-refractivity contribution in [1.29, 1.82) is 5.26 Å². The molecule has 0 aromatic heterocycles. The molecule has 2 aromatic rings. The molecule has 108 valence electrons. The number of benzene rings is 2. The van der Waals surface area contributed by atoms with E-state index in [2.05, 4.69) is 5.32 Å². The molecule has 21 heavy (non-hydrogen) atoms. The van der Waals surface area contributed by atoms with E-state index in [0.717, 1.165) is 12.1 Å². The Morgan fingerprint density at radius 3 is 2.29 bits per heavy atom. The summed E-state index contributed by atoms with van der Waals surface area (Å²) in [5.74, 6) is -1.29. The monoisotopic (exact) mass is 294 g/mol. The van der Waals surface area contributed by atoms with Crippen molar-refractivity contribution in [2.24, 2.45) is 0 Å². The van der Waals surface area contributed by atoms with Gasteiger partial charge in [-0.25, -0.2) is 4.39 Å². The highest BCUT2D eigenvalue weighted by Crippen LogP contribution is 2.32. The Labute approximate surface area is 118 Å². The number of nitrogens with one attached hydrogen (secondary N) is 1. The summed E-state index contributed by atoms with van der Waals surface area (Å²) in [5, 5.41) is 11.6. The zero-order valence-electron chi connectivity index (χ0n) is 10.7. The summed E-state index contributed by atoms with van der Waals surface area (Å²) in [6, 6.07) is 11.3. The van der Waals surface area contributed by atoms with Gasteiger partial charge in [0.25, 0.3) is 0 Å². The first-order chi connectivity index (χ1) is 9.90. The molecule has 2 rings (SSSR count). The van der Waals surface area contributed by atoms with E-state index in [1.807, 2.05) is 6.07 Å². The Kier molecular flexibility index (Phi) is 4.13. The third-order valence-electron chi connectivity index (χ3n) is 2.85. The average molecular weight is 294 g/mol. The fourth-order valence-electron chi connectivity index (χ4n) is 1.77. The number of anilines is 1. The Balaban J connectivity index is 2.11. The quantitative estimate of drug-likeness (QED) is 0.855. The molecular formula is C15H10F4N2. The third kappa shape index (κ3) is 3.72. The number of hydrogen-bond acceptors (Lipinski definition) is 2. The van der Waals surface area contributed by atoms with E-state index in [1.165, 1.54) is 6.07 Å². The molecule has 0 heterocycles. The Morgan fingerprint density at radius 2 is 1.71 bits per heavy atom. The van der Waals surface area contributed by atoms with E-state index in [4.69, 9.17) is 5.26 Å². The van der Waals surface area contributed by atoms with Crippen molar-refractivity contribution in [3.05, 3.63) is 65.0 Å². The lowest BCUT2D eigenvalue weighted by Gasteiger charge is -2.11. The maximum atomic E-state index is 13.1. The fraction of sp³-hybridized carbons (Fsp3) is 0.133. The van der Waals surface area contributed by atoms with Crippen LogP contribution in [0.25, 0.3) is 0 Å². The highest BCUT2D eigenvalue weighted by molar-refractivity contribution is 5.47. The highest BCUT2D eigenvalue weighted by Gasteiger charge is 2.34. The van der Waals surface area contributed by atoms with Gasteiger partial charge in [-0.1, -0.05) is 6.07 Å². The van der Waals surface area contributed by atoms with Crippen LogP contribution in [-0.4, -0.2) is 0 Å². The minimum Gasteiger partial charge on any atom is -0.381 e. The molecule has 2 nitrogen and oxygen atoms in total. The van der Waals surface area contributed by atoms with Crippen molar-refractivity contribution in [3.63, 3.8) is 0 Å². The molecule has 0 atom stereocenters. The number of alkyl halides is 3. The van der Waals surface area contributed by atoms with Crippen LogP contribution in [0, 0.1) is 17.1 Å². The molecule has 0 bridgehead atoms. The first-order valence-electron chi connectivity index (χ1n) is 6.00. The van der Waals surface area contributed by atoms with Crippen LogP contribution in [0.2, 0.25) is 0 Å². The van der Waals surface area contributed by atoms with Crippen LogP contribution in [-0.2, 0) is 12.7 Å².